The van der Waals surface area contributed by atoms with Gasteiger partial charge in [-0.2, -0.15) is 0 Å². The number of nitrogens with two attached hydrogens (primary N) is 1. The maximum atomic E-state index is 10.9. The summed E-state index contributed by atoms with van der Waals surface area (Å²) < 4.78 is 5.02. The number of phenols is 1. The predicted molar refractivity (Wildman–Crippen MR) is 66.6 cm³/mol. The number of hydrogen-bond donors (Lipinski definition) is 3. The first-order valence-electron chi connectivity index (χ1n) is 5.39. The van der Waals surface area contributed by atoms with Crippen LogP contribution in [-0.4, -0.2) is 42.3 Å². The number of aromatic hydroxyl groups is 1. The molecule has 0 aromatic heterocycles. The fraction of sp³-hybridized carbons (Fsp3) is 0.417. The van der Waals surface area contributed by atoms with Crippen LogP contribution in [0.1, 0.15) is 17.2 Å². The van der Waals surface area contributed by atoms with Gasteiger partial charge in [0, 0.05) is 12.1 Å². The normalized spacial score (nSPS) is 12.5. The van der Waals surface area contributed by atoms with Crippen LogP contribution in [0, 0.1) is 0 Å². The fourth-order valence-electron chi connectivity index (χ4n) is 1.67. The molecular formula is C12H18N2O4. The Labute approximate surface area is 106 Å². The Bertz CT molecular complexity index is 446. The zero-order valence-electron chi connectivity index (χ0n) is 10.7. The van der Waals surface area contributed by atoms with Crippen LogP contribution in [0.25, 0.3) is 0 Å². The number of carbonyl (C=O) groups is 1. The molecule has 0 spiro atoms. The SMILES string of the molecule is COc1cc(CN(C)C)cc([C@H](N)C(=O)O)c1O. The van der Waals surface area contributed by atoms with Gasteiger partial charge in [0.2, 0.25) is 0 Å². The summed E-state index contributed by atoms with van der Waals surface area (Å²) >= 11 is 0. The lowest BCUT2D eigenvalue weighted by molar-refractivity contribution is -0.138. The topological polar surface area (TPSA) is 96.0 Å². The van der Waals surface area contributed by atoms with E-state index in [1.807, 2.05) is 19.0 Å². The Morgan fingerprint density at radius 1 is 1.50 bits per heavy atom. The Balaban J connectivity index is 3.26. The number of phenolic OH excluding ortho intramolecular Hbond substituents is 1. The second-order valence-corrected chi connectivity index (χ2v) is 4.29. The minimum Gasteiger partial charge on any atom is -0.504 e. The Kier molecular flexibility index (Phi) is 4.52. The van der Waals surface area contributed by atoms with Gasteiger partial charge in [-0.15, -0.1) is 0 Å². The van der Waals surface area contributed by atoms with Crippen LogP contribution >= 0.6 is 0 Å². The van der Waals surface area contributed by atoms with Crippen molar-refractivity contribution in [3.63, 3.8) is 0 Å². The number of carboxylic acids is 1. The first-order valence-corrected chi connectivity index (χ1v) is 5.39. The number of aliphatic carboxylic acids is 1. The van der Waals surface area contributed by atoms with Crippen LogP contribution in [0.5, 0.6) is 11.5 Å². The van der Waals surface area contributed by atoms with E-state index < -0.39 is 12.0 Å². The van der Waals surface area contributed by atoms with Crippen LogP contribution in [0.3, 0.4) is 0 Å². The minimum absolute atomic E-state index is 0.152. The van der Waals surface area contributed by atoms with E-state index in [9.17, 15) is 9.90 Å². The summed E-state index contributed by atoms with van der Waals surface area (Å²) in [5.41, 5.74) is 6.51. The summed E-state index contributed by atoms with van der Waals surface area (Å²) in [7, 11) is 5.18. The highest BCUT2D eigenvalue weighted by molar-refractivity contribution is 5.77. The van der Waals surface area contributed by atoms with Gasteiger partial charge in [0.15, 0.2) is 11.5 Å². The van der Waals surface area contributed by atoms with Crippen molar-refractivity contribution in [3.8, 4) is 11.5 Å². The average molecular weight is 254 g/mol. The molecule has 0 fully saturated rings. The van der Waals surface area contributed by atoms with Crippen LogP contribution in [0.15, 0.2) is 12.1 Å². The van der Waals surface area contributed by atoms with Gasteiger partial charge in [-0.3, -0.25) is 4.79 Å². The molecule has 1 aromatic rings. The van der Waals surface area contributed by atoms with Crippen LogP contribution in [0.4, 0.5) is 0 Å². The molecule has 0 aliphatic rings. The van der Waals surface area contributed by atoms with Crippen molar-refractivity contribution < 1.29 is 19.7 Å². The van der Waals surface area contributed by atoms with E-state index in [1.165, 1.54) is 7.11 Å². The highest BCUT2D eigenvalue weighted by Gasteiger charge is 2.21. The molecule has 0 saturated carbocycles. The van der Waals surface area contributed by atoms with Crippen molar-refractivity contribution in [2.75, 3.05) is 21.2 Å². The Hall–Kier alpha value is -1.79. The molecule has 18 heavy (non-hydrogen) atoms. The highest BCUT2D eigenvalue weighted by atomic mass is 16.5. The molecule has 4 N–H and O–H groups in total. The zero-order chi connectivity index (χ0) is 13.9. The van der Waals surface area contributed by atoms with Crippen molar-refractivity contribution in [1.82, 2.24) is 4.90 Å². The smallest absolute Gasteiger partial charge is 0.325 e. The summed E-state index contributed by atoms with van der Waals surface area (Å²) in [6.45, 7) is 0.593. The van der Waals surface area contributed by atoms with Gasteiger partial charge in [0.05, 0.1) is 7.11 Å². The van der Waals surface area contributed by atoms with Crippen LogP contribution < -0.4 is 10.5 Å². The maximum Gasteiger partial charge on any atom is 0.325 e. The summed E-state index contributed by atoms with van der Waals surface area (Å²) in [5.74, 6) is -1.20. The van der Waals surface area contributed by atoms with E-state index in [2.05, 4.69) is 0 Å². The van der Waals surface area contributed by atoms with E-state index in [4.69, 9.17) is 15.6 Å². The third-order valence-electron chi connectivity index (χ3n) is 2.48. The van der Waals surface area contributed by atoms with Gasteiger partial charge < -0.3 is 25.6 Å². The molecule has 0 radical (unpaired) electrons. The van der Waals surface area contributed by atoms with Crippen LogP contribution in [0.2, 0.25) is 0 Å². The molecule has 0 aliphatic heterocycles. The summed E-state index contributed by atoms with van der Waals surface area (Å²) in [5, 5.41) is 18.8. The third-order valence-corrected chi connectivity index (χ3v) is 2.48. The van der Waals surface area contributed by atoms with Gasteiger partial charge in [-0.05, 0) is 31.8 Å². The Morgan fingerprint density at radius 2 is 2.11 bits per heavy atom. The number of methoxy groups -OCH3 is 1. The van der Waals surface area contributed by atoms with Gasteiger partial charge in [-0.25, -0.2) is 0 Å². The first-order chi connectivity index (χ1) is 8.36. The quantitative estimate of drug-likeness (QED) is 0.710. The van der Waals surface area contributed by atoms with E-state index in [0.717, 1.165) is 5.56 Å². The molecule has 1 rings (SSSR count). The molecule has 6 nitrogen and oxygen atoms in total. The maximum absolute atomic E-state index is 10.9. The van der Waals surface area contributed by atoms with E-state index in [1.54, 1.807) is 12.1 Å². The number of hydrogen-bond acceptors (Lipinski definition) is 5. The van der Waals surface area contributed by atoms with Gasteiger partial charge >= 0.3 is 5.97 Å². The number of rotatable bonds is 5. The van der Waals surface area contributed by atoms with E-state index in [0.29, 0.717) is 6.54 Å². The molecule has 1 aromatic carbocycles. The van der Waals surface area contributed by atoms with Crippen molar-refractivity contribution in [2.24, 2.45) is 5.73 Å². The lowest BCUT2D eigenvalue weighted by Gasteiger charge is -2.16. The second kappa shape index (κ2) is 5.70. The molecule has 0 aliphatic carbocycles. The van der Waals surface area contributed by atoms with Gasteiger partial charge in [-0.1, -0.05) is 0 Å². The lowest BCUT2D eigenvalue weighted by atomic mass is 10.0. The molecule has 6 heteroatoms. The number of ether oxygens (including phenoxy) is 1. The van der Waals surface area contributed by atoms with Crippen molar-refractivity contribution in [2.45, 2.75) is 12.6 Å². The lowest BCUT2D eigenvalue weighted by Crippen LogP contribution is -2.21. The van der Waals surface area contributed by atoms with Crippen molar-refractivity contribution in [3.05, 3.63) is 23.3 Å². The van der Waals surface area contributed by atoms with Crippen molar-refractivity contribution in [1.29, 1.82) is 0 Å². The highest BCUT2D eigenvalue weighted by Crippen LogP contribution is 2.34. The molecule has 0 heterocycles. The summed E-state index contributed by atoms with van der Waals surface area (Å²) in [6, 6.07) is 1.96. The zero-order valence-corrected chi connectivity index (χ0v) is 10.7. The summed E-state index contributed by atoms with van der Waals surface area (Å²) in [6.07, 6.45) is 0. The Morgan fingerprint density at radius 3 is 2.56 bits per heavy atom. The van der Waals surface area contributed by atoms with E-state index in [-0.39, 0.29) is 17.1 Å². The monoisotopic (exact) mass is 254 g/mol. The first kappa shape index (κ1) is 14.3. The molecular weight excluding hydrogens is 236 g/mol. The third kappa shape index (κ3) is 3.12. The standard InChI is InChI=1S/C12H18N2O4/c1-14(2)6-7-4-8(10(13)12(16)17)11(15)9(5-7)18-3/h4-5,10,15H,6,13H2,1-3H3,(H,16,17)/t10-/m0/s1. The van der Waals surface area contributed by atoms with Crippen molar-refractivity contribution >= 4 is 5.97 Å². The predicted octanol–water partition coefficient (Wildman–Crippen LogP) is 0.547. The van der Waals surface area contributed by atoms with Crippen LogP contribution in [-0.2, 0) is 11.3 Å². The molecule has 100 valence electrons. The molecule has 0 saturated heterocycles. The molecule has 0 bridgehead atoms. The number of carboxylic acid groups (broad SMARTS) is 1. The number of benzene rings is 1. The van der Waals surface area contributed by atoms with Gasteiger partial charge in [0.25, 0.3) is 0 Å². The molecule has 1 atom stereocenters. The fourth-order valence-corrected chi connectivity index (χ4v) is 1.67. The second-order valence-electron chi connectivity index (χ2n) is 4.29. The van der Waals surface area contributed by atoms with E-state index >= 15 is 0 Å². The van der Waals surface area contributed by atoms with Gasteiger partial charge in [0.1, 0.15) is 6.04 Å². The molecule has 0 unspecified atom stereocenters. The molecule has 0 amide bonds. The average Bonchev–Trinajstić information content (AvgIpc) is 2.29. The number of nitrogens with zero attached hydrogens (tertiary/aromatic N) is 1. The summed E-state index contributed by atoms with van der Waals surface area (Å²) in [4.78, 5) is 12.8. The minimum atomic E-state index is -1.28. The largest absolute Gasteiger partial charge is 0.504 e.